The minimum Gasteiger partial charge on any atom is -0.494 e. The second-order valence-corrected chi connectivity index (χ2v) is 3.05. The molecule has 0 radical (unpaired) electrons. The van der Waals surface area contributed by atoms with Gasteiger partial charge in [-0.2, -0.15) is 0 Å². The number of nitrogens with two attached hydrogens (primary N) is 1. The van der Waals surface area contributed by atoms with Gasteiger partial charge in [-0.05, 0) is 11.6 Å². The van der Waals surface area contributed by atoms with Gasteiger partial charge in [-0.1, -0.05) is 0 Å². The molecule has 0 spiro atoms. The van der Waals surface area contributed by atoms with Gasteiger partial charge in [0.25, 0.3) is 0 Å². The Bertz CT molecular complexity index is 464. The fourth-order valence-corrected chi connectivity index (χ4v) is 1.51. The highest BCUT2D eigenvalue weighted by Crippen LogP contribution is 2.26. The van der Waals surface area contributed by atoms with Crippen molar-refractivity contribution in [3.63, 3.8) is 0 Å². The molecule has 0 saturated carbocycles. The second-order valence-electron chi connectivity index (χ2n) is 3.05. The molecule has 0 aliphatic rings. The first-order valence-electron chi connectivity index (χ1n) is 4.30. The smallest absolute Gasteiger partial charge is 0.165 e. The highest BCUT2D eigenvalue weighted by Gasteiger charge is 2.08. The number of hydrogen-bond acceptors (Lipinski definition) is 2. The molecular formula is C10H11FN2O. The zero-order valence-electron chi connectivity index (χ0n) is 7.80. The maximum atomic E-state index is 13.3. The Morgan fingerprint density at radius 3 is 2.93 bits per heavy atom. The van der Waals surface area contributed by atoms with Gasteiger partial charge in [-0.25, -0.2) is 4.39 Å². The number of nitrogens with one attached hydrogen (secondary N) is 1. The molecule has 0 bridgehead atoms. The molecule has 3 nitrogen and oxygen atoms in total. The Morgan fingerprint density at radius 2 is 2.29 bits per heavy atom. The van der Waals surface area contributed by atoms with Crippen molar-refractivity contribution < 1.29 is 9.13 Å². The second kappa shape index (κ2) is 3.31. The van der Waals surface area contributed by atoms with Crippen LogP contribution in [0.5, 0.6) is 5.75 Å². The minimum absolute atomic E-state index is 0.239. The fourth-order valence-electron chi connectivity index (χ4n) is 1.51. The monoisotopic (exact) mass is 194 g/mol. The molecule has 2 rings (SSSR count). The van der Waals surface area contributed by atoms with Gasteiger partial charge in [0, 0.05) is 29.7 Å². The third-order valence-electron chi connectivity index (χ3n) is 2.26. The van der Waals surface area contributed by atoms with Crippen molar-refractivity contribution in [3.8, 4) is 5.75 Å². The van der Waals surface area contributed by atoms with Crippen molar-refractivity contribution in [2.45, 2.75) is 6.54 Å². The summed E-state index contributed by atoms with van der Waals surface area (Å²) in [7, 11) is 1.44. The van der Waals surface area contributed by atoms with E-state index in [1.807, 2.05) is 0 Å². The Balaban J connectivity index is 2.69. The van der Waals surface area contributed by atoms with Crippen LogP contribution in [-0.4, -0.2) is 12.1 Å². The average molecular weight is 194 g/mol. The molecule has 3 N–H and O–H groups in total. The molecule has 4 heteroatoms. The SMILES string of the molecule is COc1cc2[nH]cc(CN)c2cc1F. The van der Waals surface area contributed by atoms with Gasteiger partial charge < -0.3 is 15.5 Å². The molecule has 1 heterocycles. The average Bonchev–Trinajstić information content (AvgIpc) is 2.58. The first-order chi connectivity index (χ1) is 6.76. The molecule has 74 valence electrons. The van der Waals surface area contributed by atoms with Crippen LogP contribution in [0.15, 0.2) is 18.3 Å². The number of methoxy groups -OCH3 is 1. The van der Waals surface area contributed by atoms with Crippen molar-refractivity contribution in [1.29, 1.82) is 0 Å². The lowest BCUT2D eigenvalue weighted by Crippen LogP contribution is -1.94. The van der Waals surface area contributed by atoms with Crippen LogP contribution in [0.1, 0.15) is 5.56 Å². The van der Waals surface area contributed by atoms with E-state index in [0.29, 0.717) is 6.54 Å². The summed E-state index contributed by atoms with van der Waals surface area (Å²) in [5.74, 6) is -0.128. The van der Waals surface area contributed by atoms with Crippen molar-refractivity contribution in [2.24, 2.45) is 5.73 Å². The van der Waals surface area contributed by atoms with Gasteiger partial charge in [0.15, 0.2) is 11.6 Å². The van der Waals surface area contributed by atoms with Crippen LogP contribution in [0.3, 0.4) is 0 Å². The Kier molecular flexibility index (Phi) is 2.13. The number of halogens is 1. The highest BCUT2D eigenvalue weighted by atomic mass is 19.1. The maximum absolute atomic E-state index is 13.3. The quantitative estimate of drug-likeness (QED) is 0.765. The van der Waals surface area contributed by atoms with E-state index in [4.69, 9.17) is 10.5 Å². The normalized spacial score (nSPS) is 10.8. The topological polar surface area (TPSA) is 51.0 Å². The number of H-pyrrole nitrogens is 1. The van der Waals surface area contributed by atoms with Gasteiger partial charge in [-0.3, -0.25) is 0 Å². The first kappa shape index (κ1) is 9.02. The van der Waals surface area contributed by atoms with E-state index >= 15 is 0 Å². The van der Waals surface area contributed by atoms with Crippen LogP contribution in [0.2, 0.25) is 0 Å². The lowest BCUT2D eigenvalue weighted by molar-refractivity contribution is 0.387. The van der Waals surface area contributed by atoms with Crippen LogP contribution in [0, 0.1) is 5.82 Å². The summed E-state index contributed by atoms with van der Waals surface area (Å²) in [4.78, 5) is 3.01. The highest BCUT2D eigenvalue weighted by molar-refractivity contribution is 5.84. The van der Waals surface area contributed by atoms with E-state index in [1.54, 1.807) is 12.3 Å². The first-order valence-corrected chi connectivity index (χ1v) is 4.30. The summed E-state index contributed by atoms with van der Waals surface area (Å²) < 4.78 is 18.2. The van der Waals surface area contributed by atoms with Crippen molar-refractivity contribution in [3.05, 3.63) is 29.7 Å². The number of aromatic nitrogens is 1. The van der Waals surface area contributed by atoms with Crippen molar-refractivity contribution >= 4 is 10.9 Å². The zero-order valence-corrected chi connectivity index (χ0v) is 7.80. The van der Waals surface area contributed by atoms with Crippen LogP contribution in [0.25, 0.3) is 10.9 Å². The van der Waals surface area contributed by atoms with Crippen LogP contribution < -0.4 is 10.5 Å². The third-order valence-corrected chi connectivity index (χ3v) is 2.26. The summed E-state index contributed by atoms with van der Waals surface area (Å²) in [6, 6.07) is 3.07. The summed E-state index contributed by atoms with van der Waals surface area (Å²) in [6.45, 7) is 0.395. The van der Waals surface area contributed by atoms with E-state index in [-0.39, 0.29) is 11.6 Å². The number of aromatic amines is 1. The molecule has 0 aliphatic heterocycles. The summed E-state index contributed by atoms with van der Waals surface area (Å²) >= 11 is 0. The molecule has 14 heavy (non-hydrogen) atoms. The van der Waals surface area contributed by atoms with Gasteiger partial charge >= 0.3 is 0 Å². The number of fused-ring (bicyclic) bond motifs is 1. The molecule has 0 saturated heterocycles. The molecule has 0 amide bonds. The van der Waals surface area contributed by atoms with E-state index in [9.17, 15) is 4.39 Å². The Hall–Kier alpha value is -1.55. The molecular weight excluding hydrogens is 183 g/mol. The van der Waals surface area contributed by atoms with Gasteiger partial charge in [0.2, 0.25) is 0 Å². The zero-order chi connectivity index (χ0) is 10.1. The maximum Gasteiger partial charge on any atom is 0.165 e. The Labute approximate surface area is 80.7 Å². The summed E-state index contributed by atoms with van der Waals surface area (Å²) in [6.07, 6.45) is 1.78. The molecule has 0 atom stereocenters. The molecule has 1 aromatic heterocycles. The minimum atomic E-state index is -0.366. The largest absolute Gasteiger partial charge is 0.494 e. The lowest BCUT2D eigenvalue weighted by atomic mass is 10.1. The van der Waals surface area contributed by atoms with Gasteiger partial charge in [0.05, 0.1) is 7.11 Å². The molecule has 0 unspecified atom stereocenters. The van der Waals surface area contributed by atoms with E-state index < -0.39 is 0 Å². The number of hydrogen-bond donors (Lipinski definition) is 2. The number of ether oxygens (including phenoxy) is 1. The standard InChI is InChI=1S/C10H11FN2O/c1-14-10-3-9-7(2-8(10)11)6(4-12)5-13-9/h2-3,5,13H,4,12H2,1H3. The molecule has 0 fully saturated rings. The van der Waals surface area contributed by atoms with E-state index in [1.165, 1.54) is 13.2 Å². The summed E-state index contributed by atoms with van der Waals surface area (Å²) in [5.41, 5.74) is 7.25. The van der Waals surface area contributed by atoms with Crippen LogP contribution in [0.4, 0.5) is 4.39 Å². The van der Waals surface area contributed by atoms with E-state index in [2.05, 4.69) is 4.98 Å². The predicted molar refractivity (Wildman–Crippen MR) is 52.7 cm³/mol. The van der Waals surface area contributed by atoms with Gasteiger partial charge in [0.1, 0.15) is 0 Å². The molecule has 2 aromatic rings. The number of benzene rings is 1. The third kappa shape index (κ3) is 1.24. The van der Waals surface area contributed by atoms with Crippen molar-refractivity contribution in [1.82, 2.24) is 4.98 Å². The molecule has 1 aromatic carbocycles. The Morgan fingerprint density at radius 1 is 1.50 bits per heavy atom. The van der Waals surface area contributed by atoms with Gasteiger partial charge in [-0.15, -0.1) is 0 Å². The van der Waals surface area contributed by atoms with Crippen molar-refractivity contribution in [2.75, 3.05) is 7.11 Å². The van der Waals surface area contributed by atoms with Crippen LogP contribution in [-0.2, 0) is 6.54 Å². The lowest BCUT2D eigenvalue weighted by Gasteiger charge is -2.01. The fraction of sp³-hybridized carbons (Fsp3) is 0.200. The molecule has 0 aliphatic carbocycles. The van der Waals surface area contributed by atoms with E-state index in [0.717, 1.165) is 16.5 Å². The number of rotatable bonds is 2. The summed E-state index contributed by atoms with van der Waals surface area (Å²) in [5, 5.41) is 0.811. The predicted octanol–water partition coefficient (Wildman–Crippen LogP) is 1.77. The van der Waals surface area contributed by atoms with Crippen LogP contribution >= 0.6 is 0 Å².